The Kier molecular flexibility index (Phi) is 1.91. The standard InChI is InChI=1S/C7H11N7/c1-5-6(8)3-14(10-5)4-7-9-11-12-13(7)2/h3H,4,8H2,1-2H3. The molecule has 2 aromatic heterocycles. The first-order valence-electron chi connectivity index (χ1n) is 4.17. The number of hydrogen-bond acceptors (Lipinski definition) is 5. The first-order valence-corrected chi connectivity index (χ1v) is 4.17. The first-order chi connectivity index (χ1) is 6.66. The lowest BCUT2D eigenvalue weighted by atomic mass is 10.4. The number of hydrogen-bond donors (Lipinski definition) is 1. The summed E-state index contributed by atoms with van der Waals surface area (Å²) in [5.41, 5.74) is 7.17. The van der Waals surface area contributed by atoms with Crippen molar-refractivity contribution in [3.05, 3.63) is 17.7 Å². The van der Waals surface area contributed by atoms with Gasteiger partial charge in [-0.15, -0.1) is 5.10 Å². The molecule has 7 nitrogen and oxygen atoms in total. The summed E-state index contributed by atoms with van der Waals surface area (Å²) in [5.74, 6) is 0.743. The number of aryl methyl sites for hydroxylation is 2. The first kappa shape index (κ1) is 8.67. The van der Waals surface area contributed by atoms with E-state index in [4.69, 9.17) is 5.73 Å². The summed E-state index contributed by atoms with van der Waals surface area (Å²) < 4.78 is 3.32. The van der Waals surface area contributed by atoms with Crippen molar-refractivity contribution in [3.63, 3.8) is 0 Å². The number of nitrogens with zero attached hydrogens (tertiary/aromatic N) is 6. The van der Waals surface area contributed by atoms with Gasteiger partial charge in [0.25, 0.3) is 0 Å². The molecular formula is C7H11N7. The lowest BCUT2D eigenvalue weighted by Crippen LogP contribution is -2.07. The molecule has 2 rings (SSSR count). The summed E-state index contributed by atoms with van der Waals surface area (Å²) in [5, 5.41) is 15.3. The van der Waals surface area contributed by atoms with E-state index in [1.165, 1.54) is 0 Å². The van der Waals surface area contributed by atoms with Crippen molar-refractivity contribution in [1.82, 2.24) is 30.0 Å². The lowest BCUT2D eigenvalue weighted by Gasteiger charge is -1.98. The van der Waals surface area contributed by atoms with Crippen LogP contribution in [0.5, 0.6) is 0 Å². The maximum Gasteiger partial charge on any atom is 0.172 e. The molecule has 74 valence electrons. The van der Waals surface area contributed by atoms with Gasteiger partial charge in [-0.2, -0.15) is 5.10 Å². The molecule has 0 unspecified atom stereocenters. The van der Waals surface area contributed by atoms with Gasteiger partial charge in [0.15, 0.2) is 5.82 Å². The Morgan fingerprint density at radius 1 is 1.50 bits per heavy atom. The maximum absolute atomic E-state index is 5.67. The number of tetrazole rings is 1. The maximum atomic E-state index is 5.67. The summed E-state index contributed by atoms with van der Waals surface area (Å²) in [6, 6.07) is 0. The fourth-order valence-electron chi connectivity index (χ4n) is 1.14. The van der Waals surface area contributed by atoms with Crippen molar-refractivity contribution >= 4 is 5.69 Å². The highest BCUT2D eigenvalue weighted by molar-refractivity contribution is 5.39. The van der Waals surface area contributed by atoms with E-state index in [0.29, 0.717) is 12.2 Å². The topological polar surface area (TPSA) is 87.4 Å². The minimum atomic E-state index is 0.529. The Hall–Kier alpha value is -1.92. The molecule has 0 fully saturated rings. The molecule has 0 aliphatic heterocycles. The fourth-order valence-corrected chi connectivity index (χ4v) is 1.14. The van der Waals surface area contributed by atoms with Crippen LogP contribution in [0, 0.1) is 6.92 Å². The van der Waals surface area contributed by atoms with Gasteiger partial charge in [0.05, 0.1) is 11.4 Å². The number of anilines is 1. The molecule has 0 amide bonds. The van der Waals surface area contributed by atoms with Crippen LogP contribution in [0.15, 0.2) is 6.20 Å². The van der Waals surface area contributed by atoms with Crippen molar-refractivity contribution < 1.29 is 0 Å². The van der Waals surface area contributed by atoms with Gasteiger partial charge in [-0.25, -0.2) is 4.68 Å². The Labute approximate surface area is 80.5 Å². The second-order valence-electron chi connectivity index (χ2n) is 3.09. The number of nitrogen functional groups attached to an aromatic ring is 1. The summed E-state index contributed by atoms with van der Waals surface area (Å²) in [6.45, 7) is 2.39. The average molecular weight is 193 g/mol. The highest BCUT2D eigenvalue weighted by Crippen LogP contribution is 2.07. The van der Waals surface area contributed by atoms with Crippen molar-refractivity contribution in [1.29, 1.82) is 0 Å². The van der Waals surface area contributed by atoms with Gasteiger partial charge in [0, 0.05) is 13.2 Å². The average Bonchev–Trinajstić information content (AvgIpc) is 2.63. The van der Waals surface area contributed by atoms with Crippen molar-refractivity contribution in [3.8, 4) is 0 Å². The molecular weight excluding hydrogens is 182 g/mol. The molecule has 7 heteroatoms. The molecule has 0 bridgehead atoms. The number of rotatable bonds is 2. The Balaban J connectivity index is 2.23. The van der Waals surface area contributed by atoms with Crippen molar-refractivity contribution in [2.75, 3.05) is 5.73 Å². The zero-order valence-corrected chi connectivity index (χ0v) is 8.05. The van der Waals surface area contributed by atoms with E-state index < -0.39 is 0 Å². The van der Waals surface area contributed by atoms with E-state index in [9.17, 15) is 0 Å². The molecule has 0 saturated carbocycles. The van der Waals surface area contributed by atoms with Crippen LogP contribution in [0.3, 0.4) is 0 Å². The number of aromatic nitrogens is 6. The lowest BCUT2D eigenvalue weighted by molar-refractivity contribution is 0.602. The van der Waals surface area contributed by atoms with Crippen molar-refractivity contribution in [2.45, 2.75) is 13.5 Å². The summed E-state index contributed by atoms with van der Waals surface area (Å²) >= 11 is 0. The van der Waals surface area contributed by atoms with Gasteiger partial charge >= 0.3 is 0 Å². The van der Waals surface area contributed by atoms with E-state index in [2.05, 4.69) is 20.6 Å². The van der Waals surface area contributed by atoms with Crippen molar-refractivity contribution in [2.24, 2.45) is 7.05 Å². The third kappa shape index (κ3) is 1.43. The van der Waals surface area contributed by atoms with Crippen LogP contribution >= 0.6 is 0 Å². The molecule has 0 radical (unpaired) electrons. The van der Waals surface area contributed by atoms with Crippen LogP contribution in [-0.4, -0.2) is 30.0 Å². The van der Waals surface area contributed by atoms with E-state index in [1.807, 2.05) is 6.92 Å². The largest absolute Gasteiger partial charge is 0.396 e. The molecule has 14 heavy (non-hydrogen) atoms. The normalized spacial score (nSPS) is 10.7. The predicted molar refractivity (Wildman–Crippen MR) is 49.3 cm³/mol. The zero-order valence-electron chi connectivity index (χ0n) is 8.05. The van der Waals surface area contributed by atoms with Gasteiger partial charge in [-0.05, 0) is 17.4 Å². The third-order valence-electron chi connectivity index (χ3n) is 2.00. The molecule has 0 aliphatic rings. The summed E-state index contributed by atoms with van der Waals surface area (Å²) in [6.07, 6.45) is 1.77. The van der Waals surface area contributed by atoms with Gasteiger partial charge in [-0.3, -0.25) is 4.68 Å². The highest BCUT2D eigenvalue weighted by atomic mass is 15.5. The molecule has 2 aromatic rings. The second kappa shape index (κ2) is 3.09. The predicted octanol–water partition coefficient (Wildman–Crippen LogP) is -0.654. The van der Waals surface area contributed by atoms with Crippen LogP contribution in [0.4, 0.5) is 5.69 Å². The summed E-state index contributed by atoms with van der Waals surface area (Å²) in [7, 11) is 1.79. The minimum absolute atomic E-state index is 0.529. The van der Waals surface area contributed by atoms with Crippen LogP contribution in [0.2, 0.25) is 0 Å². The van der Waals surface area contributed by atoms with Gasteiger partial charge in [0.2, 0.25) is 0 Å². The van der Waals surface area contributed by atoms with Gasteiger partial charge in [-0.1, -0.05) is 0 Å². The Morgan fingerprint density at radius 3 is 2.79 bits per heavy atom. The van der Waals surface area contributed by atoms with Crippen LogP contribution in [0.25, 0.3) is 0 Å². The van der Waals surface area contributed by atoms with Crippen LogP contribution in [0.1, 0.15) is 11.5 Å². The third-order valence-corrected chi connectivity index (χ3v) is 2.00. The monoisotopic (exact) mass is 193 g/mol. The molecule has 0 aliphatic carbocycles. The molecule has 0 saturated heterocycles. The zero-order chi connectivity index (χ0) is 10.1. The van der Waals surface area contributed by atoms with E-state index in [0.717, 1.165) is 11.5 Å². The Bertz CT molecular complexity index is 421. The van der Waals surface area contributed by atoms with E-state index in [-0.39, 0.29) is 0 Å². The smallest absolute Gasteiger partial charge is 0.172 e. The molecule has 2 heterocycles. The number of nitrogens with two attached hydrogens (primary N) is 1. The van der Waals surface area contributed by atoms with Gasteiger partial charge in [0.1, 0.15) is 6.54 Å². The molecule has 0 aromatic carbocycles. The minimum Gasteiger partial charge on any atom is -0.396 e. The fraction of sp³-hybridized carbons (Fsp3) is 0.429. The highest BCUT2D eigenvalue weighted by Gasteiger charge is 2.05. The molecule has 0 atom stereocenters. The molecule has 0 spiro atoms. The van der Waals surface area contributed by atoms with Gasteiger partial charge < -0.3 is 5.73 Å². The van der Waals surface area contributed by atoms with Crippen LogP contribution < -0.4 is 5.73 Å². The van der Waals surface area contributed by atoms with E-state index in [1.54, 1.807) is 22.6 Å². The second-order valence-corrected chi connectivity index (χ2v) is 3.09. The molecule has 2 N–H and O–H groups in total. The Morgan fingerprint density at radius 2 is 2.29 bits per heavy atom. The van der Waals surface area contributed by atoms with Crippen LogP contribution in [-0.2, 0) is 13.6 Å². The van der Waals surface area contributed by atoms with E-state index >= 15 is 0 Å². The quantitative estimate of drug-likeness (QED) is 0.684. The summed E-state index contributed by atoms with van der Waals surface area (Å²) in [4.78, 5) is 0. The SMILES string of the molecule is Cc1nn(Cc2nnnn2C)cc1N.